The van der Waals surface area contributed by atoms with E-state index in [0.717, 1.165) is 12.2 Å². The zero-order valence-corrected chi connectivity index (χ0v) is 14.1. The van der Waals surface area contributed by atoms with Gasteiger partial charge in [-0.15, -0.1) is 0 Å². The molecule has 0 radical (unpaired) electrons. The molecule has 2 rings (SSSR count). The van der Waals surface area contributed by atoms with Gasteiger partial charge in [0.15, 0.2) is 0 Å². The molecule has 1 unspecified atom stereocenters. The van der Waals surface area contributed by atoms with Crippen LogP contribution in [0.5, 0.6) is 11.5 Å². The highest BCUT2D eigenvalue weighted by atomic mass is 16.5. The molecule has 0 spiro atoms. The van der Waals surface area contributed by atoms with Crippen molar-refractivity contribution in [2.45, 2.75) is 25.8 Å². The van der Waals surface area contributed by atoms with E-state index in [-0.39, 0.29) is 12.3 Å². The van der Waals surface area contributed by atoms with E-state index >= 15 is 0 Å². The predicted molar refractivity (Wildman–Crippen MR) is 95.9 cm³/mol. The monoisotopic (exact) mass is 342 g/mol. The van der Waals surface area contributed by atoms with Gasteiger partial charge in [0.25, 0.3) is 0 Å². The molecule has 6 heteroatoms. The summed E-state index contributed by atoms with van der Waals surface area (Å²) < 4.78 is 5.68. The van der Waals surface area contributed by atoms with Crippen LogP contribution in [0.1, 0.15) is 19.8 Å². The summed E-state index contributed by atoms with van der Waals surface area (Å²) in [5.74, 6) is -0.00857. The molecule has 3 N–H and O–H groups in total. The quantitative estimate of drug-likeness (QED) is 0.651. The predicted octanol–water partition coefficient (Wildman–Crippen LogP) is 3.26. The lowest BCUT2D eigenvalue weighted by Gasteiger charge is -2.14. The van der Waals surface area contributed by atoms with E-state index < -0.39 is 12.0 Å². The molecule has 6 nitrogen and oxygen atoms in total. The minimum atomic E-state index is -1.03. The van der Waals surface area contributed by atoms with Gasteiger partial charge in [0.1, 0.15) is 17.5 Å². The molecule has 0 saturated carbocycles. The van der Waals surface area contributed by atoms with Crippen molar-refractivity contribution in [2.24, 2.45) is 0 Å². The average Bonchev–Trinajstić information content (AvgIpc) is 2.61. The second-order valence-corrected chi connectivity index (χ2v) is 5.54. The molecule has 0 fully saturated rings. The smallest absolute Gasteiger partial charge is 0.321 e. The molecule has 25 heavy (non-hydrogen) atoms. The van der Waals surface area contributed by atoms with Crippen molar-refractivity contribution in [3.63, 3.8) is 0 Å². The minimum Gasteiger partial charge on any atom is -0.480 e. The van der Waals surface area contributed by atoms with Gasteiger partial charge in [-0.2, -0.15) is 0 Å². The summed E-state index contributed by atoms with van der Waals surface area (Å²) >= 11 is 0. The molecule has 0 aliphatic heterocycles. The van der Waals surface area contributed by atoms with E-state index in [1.165, 1.54) is 0 Å². The van der Waals surface area contributed by atoms with Crippen molar-refractivity contribution in [1.82, 2.24) is 5.32 Å². The molecular formula is C19H22N2O4. The van der Waals surface area contributed by atoms with Crippen LogP contribution in [0.15, 0.2) is 54.6 Å². The summed E-state index contributed by atoms with van der Waals surface area (Å²) in [5, 5.41) is 14.7. The number of hydrogen-bond donors (Lipinski definition) is 3. The summed E-state index contributed by atoms with van der Waals surface area (Å²) in [6.07, 6.45) is 0.672. The summed E-state index contributed by atoms with van der Waals surface area (Å²) in [5.41, 5.74) is 0.588. The fourth-order valence-electron chi connectivity index (χ4n) is 2.19. The molecular weight excluding hydrogens is 320 g/mol. The maximum absolute atomic E-state index is 12.0. The van der Waals surface area contributed by atoms with E-state index in [2.05, 4.69) is 10.6 Å². The molecule has 2 aromatic carbocycles. The first-order valence-electron chi connectivity index (χ1n) is 8.17. The number of aliphatic carboxylic acids is 1. The maximum Gasteiger partial charge on any atom is 0.321 e. The van der Waals surface area contributed by atoms with Crippen molar-refractivity contribution in [3.8, 4) is 11.5 Å². The van der Waals surface area contributed by atoms with Gasteiger partial charge in [0.2, 0.25) is 5.91 Å². The lowest BCUT2D eigenvalue weighted by molar-refractivity contribution is -0.141. The second-order valence-electron chi connectivity index (χ2n) is 5.54. The Morgan fingerprint density at radius 3 is 2.28 bits per heavy atom. The first kappa shape index (κ1) is 18.5. The number of anilines is 1. The van der Waals surface area contributed by atoms with Gasteiger partial charge in [0.05, 0.1) is 6.42 Å². The first-order valence-corrected chi connectivity index (χ1v) is 8.17. The van der Waals surface area contributed by atoms with Crippen LogP contribution in [0.2, 0.25) is 0 Å². The van der Waals surface area contributed by atoms with E-state index in [0.29, 0.717) is 18.0 Å². The Morgan fingerprint density at radius 2 is 1.68 bits per heavy atom. The highest BCUT2D eigenvalue weighted by Gasteiger charge is 2.20. The number of carbonyl (C=O) groups excluding carboxylic acids is 1. The molecule has 0 heterocycles. The number of carboxylic acids is 1. The van der Waals surface area contributed by atoms with E-state index in [4.69, 9.17) is 9.84 Å². The van der Waals surface area contributed by atoms with Crippen molar-refractivity contribution < 1.29 is 19.4 Å². The Morgan fingerprint density at radius 1 is 1.04 bits per heavy atom. The molecule has 0 bridgehead atoms. The molecule has 0 aliphatic carbocycles. The average molecular weight is 342 g/mol. The van der Waals surface area contributed by atoms with Crippen LogP contribution in [0.3, 0.4) is 0 Å². The van der Waals surface area contributed by atoms with Gasteiger partial charge < -0.3 is 20.5 Å². The SMILES string of the molecule is CCCNC(CC(=O)Nc1ccc(Oc2ccccc2)cc1)C(=O)O. The second kappa shape index (κ2) is 9.44. The van der Waals surface area contributed by atoms with Crippen molar-refractivity contribution in [1.29, 1.82) is 0 Å². The van der Waals surface area contributed by atoms with Gasteiger partial charge in [0, 0.05) is 5.69 Å². The number of nitrogens with one attached hydrogen (secondary N) is 2. The van der Waals surface area contributed by atoms with Crippen molar-refractivity contribution in [2.75, 3.05) is 11.9 Å². The number of rotatable bonds is 9. The van der Waals surface area contributed by atoms with Crippen LogP contribution in [-0.2, 0) is 9.59 Å². The van der Waals surface area contributed by atoms with E-state index in [1.54, 1.807) is 24.3 Å². The molecule has 2 aromatic rings. The van der Waals surface area contributed by atoms with Crippen LogP contribution in [0.4, 0.5) is 5.69 Å². The first-order chi connectivity index (χ1) is 12.1. The molecule has 1 atom stereocenters. The summed E-state index contributed by atoms with van der Waals surface area (Å²) in [6.45, 7) is 2.49. The van der Waals surface area contributed by atoms with E-state index in [1.807, 2.05) is 37.3 Å². The van der Waals surface area contributed by atoms with Gasteiger partial charge in [-0.05, 0) is 49.4 Å². The van der Waals surface area contributed by atoms with Crippen LogP contribution in [0, 0.1) is 0 Å². The topological polar surface area (TPSA) is 87.7 Å². The number of para-hydroxylation sites is 1. The molecule has 1 amide bonds. The highest BCUT2D eigenvalue weighted by Crippen LogP contribution is 2.22. The molecule has 0 saturated heterocycles. The molecule has 132 valence electrons. The van der Waals surface area contributed by atoms with Crippen LogP contribution in [0.25, 0.3) is 0 Å². The van der Waals surface area contributed by atoms with Gasteiger partial charge in [-0.1, -0.05) is 25.1 Å². The van der Waals surface area contributed by atoms with Crippen molar-refractivity contribution >= 4 is 17.6 Å². The number of ether oxygens (including phenoxy) is 1. The lowest BCUT2D eigenvalue weighted by Crippen LogP contribution is -2.40. The normalized spacial score (nSPS) is 11.6. The van der Waals surface area contributed by atoms with Gasteiger partial charge in [-0.3, -0.25) is 9.59 Å². The molecule has 0 aliphatic rings. The number of carbonyl (C=O) groups is 2. The Hall–Kier alpha value is -2.86. The van der Waals surface area contributed by atoms with E-state index in [9.17, 15) is 9.59 Å². The lowest BCUT2D eigenvalue weighted by atomic mass is 10.2. The fraction of sp³-hybridized carbons (Fsp3) is 0.263. The number of hydrogen-bond acceptors (Lipinski definition) is 4. The van der Waals surface area contributed by atoms with Gasteiger partial charge in [-0.25, -0.2) is 0 Å². The Balaban J connectivity index is 1.89. The largest absolute Gasteiger partial charge is 0.480 e. The van der Waals surface area contributed by atoms with Crippen LogP contribution in [-0.4, -0.2) is 29.6 Å². The molecule has 0 aromatic heterocycles. The Kier molecular flexibility index (Phi) is 6.98. The Labute approximate surface area is 146 Å². The standard InChI is InChI=1S/C19H22N2O4/c1-2-12-20-17(19(23)24)13-18(22)21-14-8-10-16(11-9-14)25-15-6-4-3-5-7-15/h3-11,17,20H,2,12-13H2,1H3,(H,21,22)(H,23,24). The summed E-state index contributed by atoms with van der Waals surface area (Å²) in [7, 11) is 0. The zero-order chi connectivity index (χ0) is 18.1. The highest BCUT2D eigenvalue weighted by molar-refractivity contribution is 5.94. The van der Waals surface area contributed by atoms with Gasteiger partial charge >= 0.3 is 5.97 Å². The number of benzene rings is 2. The zero-order valence-electron chi connectivity index (χ0n) is 14.1. The Bertz CT molecular complexity index is 686. The number of carboxylic acid groups (broad SMARTS) is 1. The maximum atomic E-state index is 12.0. The summed E-state index contributed by atoms with van der Waals surface area (Å²) in [6, 6.07) is 15.4. The third kappa shape index (κ3) is 6.27. The fourth-order valence-corrected chi connectivity index (χ4v) is 2.19. The minimum absolute atomic E-state index is 0.127. The van der Waals surface area contributed by atoms with Crippen LogP contribution >= 0.6 is 0 Å². The third-order valence-corrected chi connectivity index (χ3v) is 3.45. The van der Waals surface area contributed by atoms with Crippen LogP contribution < -0.4 is 15.4 Å². The third-order valence-electron chi connectivity index (χ3n) is 3.45. The summed E-state index contributed by atoms with van der Waals surface area (Å²) in [4.78, 5) is 23.2. The van der Waals surface area contributed by atoms with Crippen molar-refractivity contribution in [3.05, 3.63) is 54.6 Å². The number of amides is 1.